The Balaban J connectivity index is 1.20. The third-order valence-electron chi connectivity index (χ3n) is 10.8. The van der Waals surface area contributed by atoms with Gasteiger partial charge in [-0.3, -0.25) is 0 Å². The molecule has 4 heteroatoms. The lowest BCUT2D eigenvalue weighted by atomic mass is 9.90. The molecule has 0 spiro atoms. The van der Waals surface area contributed by atoms with Gasteiger partial charge in [-0.15, -0.1) is 0 Å². The molecule has 56 heavy (non-hydrogen) atoms. The Kier molecular flexibility index (Phi) is 7.46. The zero-order chi connectivity index (χ0) is 37.0. The summed E-state index contributed by atoms with van der Waals surface area (Å²) in [4.78, 5) is 11.0. The van der Waals surface area contributed by atoms with Crippen molar-refractivity contribution in [2.75, 3.05) is 0 Å². The van der Waals surface area contributed by atoms with Gasteiger partial charge in [0.1, 0.15) is 22.3 Å². The number of para-hydroxylation sites is 4. The van der Waals surface area contributed by atoms with Gasteiger partial charge in [-0.05, 0) is 63.7 Å². The second kappa shape index (κ2) is 13.1. The monoisotopic (exact) mass is 716 g/mol. The molecule has 0 bridgehead atoms. The largest absolute Gasteiger partial charge is 0.455 e. The van der Waals surface area contributed by atoms with Crippen LogP contribution in [0.1, 0.15) is 0 Å². The summed E-state index contributed by atoms with van der Waals surface area (Å²) in [6.07, 6.45) is 0. The van der Waals surface area contributed by atoms with Gasteiger partial charge in [0.05, 0.1) is 11.4 Å². The number of hydrogen-bond donors (Lipinski definition) is 0. The van der Waals surface area contributed by atoms with Crippen LogP contribution >= 0.6 is 0 Å². The summed E-state index contributed by atoms with van der Waals surface area (Å²) < 4.78 is 13.2. The minimum Gasteiger partial charge on any atom is -0.455 e. The Morgan fingerprint density at radius 3 is 1.25 bits per heavy atom. The molecular weight excluding hydrogens is 685 g/mol. The first-order valence-electron chi connectivity index (χ1n) is 18.8. The first-order chi connectivity index (χ1) is 27.8. The van der Waals surface area contributed by atoms with Crippen LogP contribution in [-0.4, -0.2) is 9.97 Å². The van der Waals surface area contributed by atoms with Gasteiger partial charge in [0.15, 0.2) is 5.82 Å². The average Bonchev–Trinajstić information content (AvgIpc) is 3.85. The molecular formula is C52H32N2O2. The van der Waals surface area contributed by atoms with Crippen molar-refractivity contribution >= 4 is 43.9 Å². The van der Waals surface area contributed by atoms with E-state index in [4.69, 9.17) is 18.8 Å². The van der Waals surface area contributed by atoms with Crippen LogP contribution in [0.5, 0.6) is 0 Å². The van der Waals surface area contributed by atoms with E-state index in [0.29, 0.717) is 5.82 Å². The van der Waals surface area contributed by atoms with E-state index in [-0.39, 0.29) is 0 Å². The maximum atomic E-state index is 6.59. The highest BCUT2D eigenvalue weighted by atomic mass is 16.3. The lowest BCUT2D eigenvalue weighted by Crippen LogP contribution is -2.00. The molecule has 0 radical (unpaired) electrons. The molecule has 0 aliphatic heterocycles. The molecule has 3 heterocycles. The summed E-state index contributed by atoms with van der Waals surface area (Å²) in [6.45, 7) is 0. The van der Waals surface area contributed by atoms with E-state index in [1.807, 2.05) is 48.5 Å². The summed E-state index contributed by atoms with van der Waals surface area (Å²) in [7, 11) is 0. The molecule has 0 aliphatic rings. The fourth-order valence-electron chi connectivity index (χ4n) is 8.10. The smallest absolute Gasteiger partial charge is 0.161 e. The van der Waals surface area contributed by atoms with Crippen LogP contribution in [0.25, 0.3) is 111 Å². The first kappa shape index (κ1) is 31.9. The third kappa shape index (κ3) is 5.31. The zero-order valence-electron chi connectivity index (χ0n) is 30.2. The topological polar surface area (TPSA) is 52.1 Å². The van der Waals surface area contributed by atoms with E-state index < -0.39 is 0 Å². The molecule has 0 fully saturated rings. The van der Waals surface area contributed by atoms with Crippen molar-refractivity contribution in [2.24, 2.45) is 0 Å². The minimum atomic E-state index is 0.611. The fourth-order valence-corrected chi connectivity index (χ4v) is 8.10. The molecule has 262 valence electrons. The molecule has 4 nitrogen and oxygen atoms in total. The van der Waals surface area contributed by atoms with Crippen molar-refractivity contribution < 1.29 is 8.83 Å². The van der Waals surface area contributed by atoms with Gasteiger partial charge < -0.3 is 8.83 Å². The Hall–Kier alpha value is -7.56. The number of hydrogen-bond acceptors (Lipinski definition) is 4. The van der Waals surface area contributed by atoms with E-state index in [9.17, 15) is 0 Å². The van der Waals surface area contributed by atoms with Gasteiger partial charge >= 0.3 is 0 Å². The highest BCUT2D eigenvalue weighted by Gasteiger charge is 2.22. The minimum absolute atomic E-state index is 0.611. The van der Waals surface area contributed by atoms with Gasteiger partial charge in [-0.25, -0.2) is 9.97 Å². The number of nitrogens with zero attached hydrogens (tertiary/aromatic N) is 2. The zero-order valence-corrected chi connectivity index (χ0v) is 30.2. The van der Waals surface area contributed by atoms with Crippen molar-refractivity contribution in [3.8, 4) is 67.3 Å². The number of fused-ring (bicyclic) bond motifs is 6. The highest BCUT2D eigenvalue weighted by Crippen LogP contribution is 2.43. The Morgan fingerprint density at radius 1 is 0.304 bits per heavy atom. The third-order valence-corrected chi connectivity index (χ3v) is 10.8. The quantitative estimate of drug-likeness (QED) is 0.172. The SMILES string of the molecule is c1ccc(-c2ccc(-c3cccc(-c4ccccc4)c3-c3nc(-c4cccc5c4oc4ccccc45)cc(-c4cccc5c4oc4ccccc45)n3)cc2)cc1. The summed E-state index contributed by atoms with van der Waals surface area (Å²) in [5, 5.41) is 4.23. The van der Waals surface area contributed by atoms with Gasteiger partial charge in [0.2, 0.25) is 0 Å². The second-order valence-electron chi connectivity index (χ2n) is 14.1. The van der Waals surface area contributed by atoms with Crippen LogP contribution in [0.15, 0.2) is 203 Å². The summed E-state index contributed by atoms with van der Waals surface area (Å²) in [5.74, 6) is 0.611. The van der Waals surface area contributed by atoms with Crippen LogP contribution in [0.4, 0.5) is 0 Å². The van der Waals surface area contributed by atoms with Crippen molar-refractivity contribution in [2.45, 2.75) is 0 Å². The predicted octanol–water partition coefficient (Wildman–Crippen LogP) is 14.3. The molecule has 3 aromatic heterocycles. The molecule has 0 saturated heterocycles. The Morgan fingerprint density at radius 2 is 0.696 bits per heavy atom. The number of rotatable bonds is 6. The van der Waals surface area contributed by atoms with Crippen LogP contribution in [0.2, 0.25) is 0 Å². The van der Waals surface area contributed by atoms with E-state index in [1.165, 1.54) is 5.56 Å². The number of aromatic nitrogens is 2. The second-order valence-corrected chi connectivity index (χ2v) is 14.1. The van der Waals surface area contributed by atoms with E-state index in [2.05, 4.69) is 146 Å². The van der Waals surface area contributed by atoms with Crippen molar-refractivity contribution in [1.82, 2.24) is 9.97 Å². The predicted molar refractivity (Wildman–Crippen MR) is 229 cm³/mol. The van der Waals surface area contributed by atoms with Crippen LogP contribution in [-0.2, 0) is 0 Å². The van der Waals surface area contributed by atoms with Gasteiger partial charge in [0, 0.05) is 38.2 Å². The van der Waals surface area contributed by atoms with Gasteiger partial charge in [-0.2, -0.15) is 0 Å². The summed E-state index contributed by atoms with van der Waals surface area (Å²) >= 11 is 0. The number of benzene rings is 8. The van der Waals surface area contributed by atoms with E-state index in [1.54, 1.807) is 0 Å². The lowest BCUT2D eigenvalue weighted by Gasteiger charge is -2.17. The normalized spacial score (nSPS) is 11.6. The maximum Gasteiger partial charge on any atom is 0.161 e. The fraction of sp³-hybridized carbons (Fsp3) is 0. The van der Waals surface area contributed by atoms with Crippen molar-refractivity contribution in [1.29, 1.82) is 0 Å². The first-order valence-corrected chi connectivity index (χ1v) is 18.8. The molecule has 0 amide bonds. The molecule has 0 N–H and O–H groups in total. The van der Waals surface area contributed by atoms with Crippen LogP contribution in [0, 0.1) is 0 Å². The average molecular weight is 717 g/mol. The highest BCUT2D eigenvalue weighted by molar-refractivity contribution is 6.11. The standard InChI is InChI=1S/C52H32N2O2/c1-3-14-33(15-4-1)34-28-30-36(31-29-34)38-21-11-20-37(35-16-5-2-6-17-35)49(38)52-53-45(43-24-12-22-41-39-18-7-9-26-47(39)55-50(41)43)32-46(54-52)44-25-13-23-42-40-19-8-10-27-48(40)56-51(42)44/h1-32H. The van der Waals surface area contributed by atoms with Crippen LogP contribution in [0.3, 0.4) is 0 Å². The molecule has 8 aromatic carbocycles. The van der Waals surface area contributed by atoms with E-state index in [0.717, 1.165) is 99.8 Å². The maximum absolute atomic E-state index is 6.59. The van der Waals surface area contributed by atoms with Crippen molar-refractivity contribution in [3.63, 3.8) is 0 Å². The Labute approximate surface area is 323 Å². The molecule has 11 rings (SSSR count). The van der Waals surface area contributed by atoms with Crippen molar-refractivity contribution in [3.05, 3.63) is 194 Å². The Bertz CT molecular complexity index is 3100. The molecule has 0 aliphatic carbocycles. The molecule has 0 unspecified atom stereocenters. The molecule has 0 atom stereocenters. The van der Waals surface area contributed by atoms with Crippen LogP contribution < -0.4 is 0 Å². The summed E-state index contributed by atoms with van der Waals surface area (Å²) in [6, 6.07) is 67.2. The van der Waals surface area contributed by atoms with Gasteiger partial charge in [0.25, 0.3) is 0 Å². The molecule has 11 aromatic rings. The van der Waals surface area contributed by atoms with E-state index >= 15 is 0 Å². The molecule has 0 saturated carbocycles. The lowest BCUT2D eigenvalue weighted by molar-refractivity contribution is 0.669. The van der Waals surface area contributed by atoms with Gasteiger partial charge in [-0.1, -0.05) is 164 Å². The summed E-state index contributed by atoms with van der Waals surface area (Å²) in [5.41, 5.74) is 14.1. The number of furan rings is 2.